The summed E-state index contributed by atoms with van der Waals surface area (Å²) in [4.78, 5) is 0. The van der Waals surface area contributed by atoms with E-state index in [1.54, 1.807) is 37.4 Å². The number of hydrogen-bond donors (Lipinski definition) is 1. The molecule has 2 aromatic carbocycles. The Labute approximate surface area is 104 Å². The van der Waals surface area contributed by atoms with Crippen LogP contribution in [0.5, 0.6) is 5.75 Å². The van der Waals surface area contributed by atoms with Crippen LogP contribution in [0, 0.1) is 5.82 Å². The molecule has 2 nitrogen and oxygen atoms in total. The second-order valence-corrected chi connectivity index (χ2v) is 4.00. The summed E-state index contributed by atoms with van der Waals surface area (Å²) in [6.07, 6.45) is 0. The fourth-order valence-electron chi connectivity index (χ4n) is 1.61. The average molecular weight is 252 g/mol. The number of halogens is 2. The first-order valence-electron chi connectivity index (χ1n) is 5.01. The van der Waals surface area contributed by atoms with Gasteiger partial charge in [0, 0.05) is 11.3 Å². The van der Waals surface area contributed by atoms with E-state index in [1.807, 2.05) is 0 Å². The Bertz CT molecular complexity index is 557. The van der Waals surface area contributed by atoms with E-state index in [0.29, 0.717) is 22.6 Å². The van der Waals surface area contributed by atoms with Crippen molar-refractivity contribution in [3.63, 3.8) is 0 Å². The third-order valence-corrected chi connectivity index (χ3v) is 2.71. The van der Waals surface area contributed by atoms with Crippen molar-refractivity contribution in [1.82, 2.24) is 0 Å². The third-order valence-electron chi connectivity index (χ3n) is 2.43. The third kappa shape index (κ3) is 2.34. The molecule has 0 radical (unpaired) electrons. The van der Waals surface area contributed by atoms with E-state index in [9.17, 15) is 4.39 Å². The van der Waals surface area contributed by atoms with Crippen LogP contribution in [0.4, 0.5) is 10.1 Å². The van der Waals surface area contributed by atoms with E-state index in [2.05, 4.69) is 0 Å². The van der Waals surface area contributed by atoms with Gasteiger partial charge in [0.1, 0.15) is 11.6 Å². The van der Waals surface area contributed by atoms with Crippen LogP contribution in [0.1, 0.15) is 0 Å². The maximum absolute atomic E-state index is 13.9. The summed E-state index contributed by atoms with van der Waals surface area (Å²) in [6, 6.07) is 10.0. The number of ether oxygens (including phenoxy) is 1. The lowest BCUT2D eigenvalue weighted by molar-refractivity contribution is 0.415. The van der Waals surface area contributed by atoms with Crippen molar-refractivity contribution in [3.8, 4) is 16.9 Å². The second kappa shape index (κ2) is 4.63. The Morgan fingerprint density at radius 1 is 1.24 bits per heavy atom. The molecule has 0 aromatic heterocycles. The molecule has 0 bridgehead atoms. The number of hydrogen-bond acceptors (Lipinski definition) is 2. The molecule has 2 aromatic rings. The van der Waals surface area contributed by atoms with E-state index in [-0.39, 0.29) is 5.02 Å². The van der Waals surface area contributed by atoms with E-state index in [1.165, 1.54) is 6.07 Å². The standard InChI is InChI=1S/C13H11ClFNO/c1-17-10-4-2-3-8(5-10)11-6-9(16)7-12(14)13(11)15/h2-7H,16H2,1H3. The largest absolute Gasteiger partial charge is 0.497 e. The summed E-state index contributed by atoms with van der Waals surface area (Å²) >= 11 is 5.76. The van der Waals surface area contributed by atoms with Gasteiger partial charge in [-0.2, -0.15) is 0 Å². The highest BCUT2D eigenvalue weighted by Gasteiger charge is 2.10. The molecule has 17 heavy (non-hydrogen) atoms. The van der Waals surface area contributed by atoms with Gasteiger partial charge in [-0.1, -0.05) is 23.7 Å². The predicted molar refractivity (Wildman–Crippen MR) is 67.8 cm³/mol. The normalized spacial score (nSPS) is 10.3. The number of anilines is 1. The maximum atomic E-state index is 13.9. The van der Waals surface area contributed by atoms with Gasteiger partial charge in [0.2, 0.25) is 0 Å². The van der Waals surface area contributed by atoms with Crippen LogP contribution in [0.25, 0.3) is 11.1 Å². The summed E-state index contributed by atoms with van der Waals surface area (Å²) in [5, 5.41) is 0.0165. The van der Waals surface area contributed by atoms with Crippen molar-refractivity contribution in [2.75, 3.05) is 12.8 Å². The van der Waals surface area contributed by atoms with Crippen molar-refractivity contribution < 1.29 is 9.13 Å². The molecule has 0 saturated heterocycles. The van der Waals surface area contributed by atoms with Crippen molar-refractivity contribution in [2.24, 2.45) is 0 Å². The van der Waals surface area contributed by atoms with E-state index in [0.717, 1.165) is 0 Å². The highest BCUT2D eigenvalue weighted by molar-refractivity contribution is 6.31. The van der Waals surface area contributed by atoms with Crippen LogP contribution < -0.4 is 10.5 Å². The molecule has 0 unspecified atom stereocenters. The Morgan fingerprint density at radius 3 is 2.71 bits per heavy atom. The first-order valence-corrected chi connectivity index (χ1v) is 5.38. The second-order valence-electron chi connectivity index (χ2n) is 3.60. The Hall–Kier alpha value is -1.74. The molecular formula is C13H11ClFNO. The van der Waals surface area contributed by atoms with Gasteiger partial charge in [-0.3, -0.25) is 0 Å². The first kappa shape index (κ1) is 11.7. The van der Waals surface area contributed by atoms with Gasteiger partial charge in [-0.05, 0) is 29.8 Å². The lowest BCUT2D eigenvalue weighted by atomic mass is 10.0. The fraction of sp³-hybridized carbons (Fsp3) is 0.0769. The zero-order chi connectivity index (χ0) is 12.4. The molecule has 0 aliphatic heterocycles. The number of benzene rings is 2. The van der Waals surface area contributed by atoms with Crippen LogP contribution in [-0.2, 0) is 0 Å². The molecule has 4 heteroatoms. The minimum absolute atomic E-state index is 0.0165. The SMILES string of the molecule is COc1cccc(-c2cc(N)cc(Cl)c2F)c1. The lowest BCUT2D eigenvalue weighted by Crippen LogP contribution is -1.92. The van der Waals surface area contributed by atoms with Gasteiger partial charge in [-0.15, -0.1) is 0 Å². The molecule has 0 heterocycles. The number of rotatable bonds is 2. The quantitative estimate of drug-likeness (QED) is 0.826. The molecule has 0 saturated carbocycles. The Balaban J connectivity index is 2.59. The highest BCUT2D eigenvalue weighted by Crippen LogP contribution is 2.31. The Kier molecular flexibility index (Phi) is 3.20. The molecular weight excluding hydrogens is 241 g/mol. The molecule has 0 aliphatic rings. The van der Waals surface area contributed by atoms with Crippen LogP contribution in [0.3, 0.4) is 0 Å². The molecule has 88 valence electrons. The molecule has 0 atom stereocenters. The van der Waals surface area contributed by atoms with E-state index in [4.69, 9.17) is 22.1 Å². The summed E-state index contributed by atoms with van der Waals surface area (Å²) < 4.78 is 19.0. The minimum Gasteiger partial charge on any atom is -0.497 e. The van der Waals surface area contributed by atoms with Gasteiger partial charge in [0.25, 0.3) is 0 Å². The van der Waals surface area contributed by atoms with Crippen molar-refractivity contribution in [1.29, 1.82) is 0 Å². The number of nitrogen functional groups attached to an aromatic ring is 1. The first-order chi connectivity index (χ1) is 8.11. The lowest BCUT2D eigenvalue weighted by Gasteiger charge is -2.08. The molecule has 0 amide bonds. The molecule has 0 spiro atoms. The summed E-state index contributed by atoms with van der Waals surface area (Å²) in [6.45, 7) is 0. The van der Waals surface area contributed by atoms with E-state index < -0.39 is 5.82 Å². The number of methoxy groups -OCH3 is 1. The monoisotopic (exact) mass is 251 g/mol. The topological polar surface area (TPSA) is 35.2 Å². The van der Waals surface area contributed by atoms with Gasteiger partial charge in [-0.25, -0.2) is 4.39 Å². The fourth-order valence-corrected chi connectivity index (χ4v) is 1.84. The van der Waals surface area contributed by atoms with Crippen LogP contribution in [0.15, 0.2) is 36.4 Å². The molecule has 2 rings (SSSR count). The zero-order valence-corrected chi connectivity index (χ0v) is 9.96. The van der Waals surface area contributed by atoms with Gasteiger partial charge >= 0.3 is 0 Å². The summed E-state index contributed by atoms with van der Waals surface area (Å²) in [5.41, 5.74) is 7.13. The van der Waals surface area contributed by atoms with E-state index >= 15 is 0 Å². The minimum atomic E-state index is -0.478. The molecule has 0 fully saturated rings. The van der Waals surface area contributed by atoms with Crippen molar-refractivity contribution in [3.05, 3.63) is 47.2 Å². The van der Waals surface area contributed by atoms with Crippen LogP contribution in [0.2, 0.25) is 5.02 Å². The van der Waals surface area contributed by atoms with Crippen molar-refractivity contribution in [2.45, 2.75) is 0 Å². The average Bonchev–Trinajstić information content (AvgIpc) is 2.34. The molecule has 2 N–H and O–H groups in total. The Morgan fingerprint density at radius 2 is 2.00 bits per heavy atom. The highest BCUT2D eigenvalue weighted by atomic mass is 35.5. The predicted octanol–water partition coefficient (Wildman–Crippen LogP) is 3.74. The van der Waals surface area contributed by atoms with Crippen LogP contribution in [-0.4, -0.2) is 7.11 Å². The van der Waals surface area contributed by atoms with Gasteiger partial charge in [0.15, 0.2) is 0 Å². The van der Waals surface area contributed by atoms with Crippen molar-refractivity contribution >= 4 is 17.3 Å². The summed E-state index contributed by atoms with van der Waals surface area (Å²) in [7, 11) is 1.56. The maximum Gasteiger partial charge on any atom is 0.149 e. The van der Waals surface area contributed by atoms with Gasteiger partial charge in [0.05, 0.1) is 12.1 Å². The van der Waals surface area contributed by atoms with Gasteiger partial charge < -0.3 is 10.5 Å². The van der Waals surface area contributed by atoms with Crippen LogP contribution >= 0.6 is 11.6 Å². The molecule has 0 aliphatic carbocycles. The smallest absolute Gasteiger partial charge is 0.149 e. The number of nitrogens with two attached hydrogens (primary N) is 1. The summed E-state index contributed by atoms with van der Waals surface area (Å²) in [5.74, 6) is 0.176. The zero-order valence-electron chi connectivity index (χ0n) is 9.21.